The Morgan fingerprint density at radius 3 is 2.67 bits per heavy atom. The fourth-order valence-corrected chi connectivity index (χ4v) is 1.62. The molecule has 0 aliphatic heterocycles. The summed E-state index contributed by atoms with van der Waals surface area (Å²) < 4.78 is 0. The molecule has 0 aliphatic carbocycles. The van der Waals surface area contributed by atoms with Gasteiger partial charge >= 0.3 is 0 Å². The number of hydrogen-bond acceptors (Lipinski definition) is 1. The van der Waals surface area contributed by atoms with Gasteiger partial charge in [0.05, 0.1) is 6.10 Å². The number of rotatable bonds is 2. The molecule has 0 bridgehead atoms. The molecule has 1 atom stereocenters. The summed E-state index contributed by atoms with van der Waals surface area (Å²) in [6.07, 6.45) is 0.267. The largest absolute Gasteiger partial charge is 0.388 e. The number of hydrogen-bond donors (Lipinski definition) is 1. The molecule has 0 aromatic heterocycles. The van der Waals surface area contributed by atoms with Gasteiger partial charge in [0.25, 0.3) is 0 Å². The second-order valence-electron chi connectivity index (χ2n) is 2.89. The van der Waals surface area contributed by atoms with Crippen LogP contribution < -0.4 is 0 Å². The molecule has 0 saturated carbocycles. The minimum Gasteiger partial charge on any atom is -0.388 e. The Morgan fingerprint density at radius 1 is 1.50 bits per heavy atom. The molecule has 66 valence electrons. The lowest BCUT2D eigenvalue weighted by Crippen LogP contribution is -1.98. The molecule has 0 aliphatic rings. The van der Waals surface area contributed by atoms with Gasteiger partial charge in [-0.15, -0.1) is 0 Å². The minimum atomic E-state index is -0.432. The van der Waals surface area contributed by atoms with Gasteiger partial charge in [-0.1, -0.05) is 30.7 Å². The molecule has 1 aromatic carbocycles. The summed E-state index contributed by atoms with van der Waals surface area (Å²) in [7, 11) is 0. The molecule has 2 heteroatoms. The number of aliphatic hydroxyl groups excluding tert-OH is 1. The van der Waals surface area contributed by atoms with E-state index in [1.807, 2.05) is 32.0 Å². The van der Waals surface area contributed by atoms with E-state index in [4.69, 9.17) is 11.6 Å². The van der Waals surface area contributed by atoms with Crippen molar-refractivity contribution in [1.29, 1.82) is 0 Å². The molecule has 1 aromatic rings. The summed E-state index contributed by atoms with van der Waals surface area (Å²) in [6.45, 7) is 3.90. The maximum atomic E-state index is 9.61. The van der Waals surface area contributed by atoms with Gasteiger partial charge in [-0.25, -0.2) is 0 Å². The Balaban J connectivity index is 3.12. The molecule has 1 nitrogen and oxygen atoms in total. The zero-order valence-corrected chi connectivity index (χ0v) is 8.10. The van der Waals surface area contributed by atoms with Gasteiger partial charge in [0.15, 0.2) is 0 Å². The zero-order valence-electron chi connectivity index (χ0n) is 7.34. The summed E-state index contributed by atoms with van der Waals surface area (Å²) in [5.74, 6) is 0. The maximum Gasteiger partial charge on any atom is 0.0804 e. The van der Waals surface area contributed by atoms with Crippen molar-refractivity contribution >= 4 is 11.6 Å². The van der Waals surface area contributed by atoms with Crippen LogP contribution in [0.4, 0.5) is 0 Å². The quantitative estimate of drug-likeness (QED) is 0.749. The summed E-state index contributed by atoms with van der Waals surface area (Å²) in [6, 6.07) is 5.66. The van der Waals surface area contributed by atoms with Crippen LogP contribution in [0.1, 0.15) is 30.6 Å². The third-order valence-electron chi connectivity index (χ3n) is 1.99. The van der Waals surface area contributed by atoms with Crippen molar-refractivity contribution in [2.24, 2.45) is 0 Å². The SMILES string of the molecule is CCC(O)c1c(C)cccc1Cl. The second-order valence-corrected chi connectivity index (χ2v) is 3.30. The molecule has 0 amide bonds. The molecular formula is C10H13ClO. The van der Waals surface area contributed by atoms with E-state index in [9.17, 15) is 5.11 Å². The van der Waals surface area contributed by atoms with Crippen molar-refractivity contribution in [2.45, 2.75) is 26.4 Å². The third kappa shape index (κ3) is 1.79. The van der Waals surface area contributed by atoms with Crippen LogP contribution in [0.5, 0.6) is 0 Å². The fourth-order valence-electron chi connectivity index (χ4n) is 1.27. The normalized spacial score (nSPS) is 13.0. The molecular weight excluding hydrogens is 172 g/mol. The summed E-state index contributed by atoms with van der Waals surface area (Å²) in [5, 5.41) is 10.3. The number of benzene rings is 1. The van der Waals surface area contributed by atoms with Gasteiger partial charge in [-0.05, 0) is 25.0 Å². The van der Waals surface area contributed by atoms with Crippen LogP contribution in [0.2, 0.25) is 5.02 Å². The van der Waals surface area contributed by atoms with E-state index in [0.717, 1.165) is 11.1 Å². The predicted octanol–water partition coefficient (Wildman–Crippen LogP) is 3.09. The van der Waals surface area contributed by atoms with E-state index in [2.05, 4.69) is 0 Å². The first-order chi connectivity index (χ1) is 5.66. The topological polar surface area (TPSA) is 20.2 Å². The average molecular weight is 185 g/mol. The van der Waals surface area contributed by atoms with Crippen molar-refractivity contribution < 1.29 is 5.11 Å². The van der Waals surface area contributed by atoms with E-state index in [-0.39, 0.29) is 0 Å². The molecule has 1 rings (SSSR count). The molecule has 0 fully saturated rings. The summed E-state index contributed by atoms with van der Waals surface area (Å²) in [5.41, 5.74) is 1.92. The smallest absolute Gasteiger partial charge is 0.0804 e. The van der Waals surface area contributed by atoms with Crippen LogP contribution in [0.25, 0.3) is 0 Å². The van der Waals surface area contributed by atoms with Crippen molar-refractivity contribution in [2.75, 3.05) is 0 Å². The van der Waals surface area contributed by atoms with Crippen LogP contribution in [0, 0.1) is 6.92 Å². The van der Waals surface area contributed by atoms with Crippen LogP contribution in [0.3, 0.4) is 0 Å². The molecule has 0 heterocycles. The van der Waals surface area contributed by atoms with Gasteiger partial charge < -0.3 is 5.11 Å². The van der Waals surface area contributed by atoms with Gasteiger partial charge in [0.2, 0.25) is 0 Å². The van der Waals surface area contributed by atoms with Crippen molar-refractivity contribution in [3.05, 3.63) is 34.3 Å². The first-order valence-electron chi connectivity index (χ1n) is 4.10. The zero-order chi connectivity index (χ0) is 9.14. The van der Waals surface area contributed by atoms with Crippen LogP contribution >= 0.6 is 11.6 Å². The Kier molecular flexibility index (Phi) is 3.12. The second kappa shape index (κ2) is 3.92. The monoisotopic (exact) mass is 184 g/mol. The van der Waals surface area contributed by atoms with Gasteiger partial charge in [-0.2, -0.15) is 0 Å². The fraction of sp³-hybridized carbons (Fsp3) is 0.400. The highest BCUT2D eigenvalue weighted by atomic mass is 35.5. The number of halogens is 1. The molecule has 0 spiro atoms. The molecule has 0 saturated heterocycles. The Hall–Kier alpha value is -0.530. The van der Waals surface area contributed by atoms with Gasteiger partial charge in [0, 0.05) is 10.6 Å². The number of aryl methyl sites for hydroxylation is 1. The molecule has 1 N–H and O–H groups in total. The van der Waals surface area contributed by atoms with Crippen molar-refractivity contribution in [1.82, 2.24) is 0 Å². The Bertz CT molecular complexity index is 250. The third-order valence-corrected chi connectivity index (χ3v) is 2.32. The highest BCUT2D eigenvalue weighted by Crippen LogP contribution is 2.27. The van der Waals surface area contributed by atoms with E-state index in [1.165, 1.54) is 0 Å². The van der Waals surface area contributed by atoms with Crippen LogP contribution in [-0.2, 0) is 0 Å². The van der Waals surface area contributed by atoms with Gasteiger partial charge in [0.1, 0.15) is 0 Å². The van der Waals surface area contributed by atoms with Crippen LogP contribution in [-0.4, -0.2) is 5.11 Å². The van der Waals surface area contributed by atoms with Crippen LogP contribution in [0.15, 0.2) is 18.2 Å². The Morgan fingerprint density at radius 2 is 2.17 bits per heavy atom. The van der Waals surface area contributed by atoms with Gasteiger partial charge in [-0.3, -0.25) is 0 Å². The molecule has 1 unspecified atom stereocenters. The Labute approximate surface area is 78.0 Å². The lowest BCUT2D eigenvalue weighted by Gasteiger charge is -2.12. The van der Waals surface area contributed by atoms with Crippen molar-refractivity contribution in [3.8, 4) is 0 Å². The standard InChI is InChI=1S/C10H13ClO/c1-3-9(12)10-7(2)5-4-6-8(10)11/h4-6,9,12H,3H2,1-2H3. The average Bonchev–Trinajstić information content (AvgIpc) is 2.03. The first-order valence-corrected chi connectivity index (χ1v) is 4.47. The minimum absolute atomic E-state index is 0.432. The first kappa shape index (κ1) is 9.56. The van der Waals surface area contributed by atoms with Crippen molar-refractivity contribution in [3.63, 3.8) is 0 Å². The van der Waals surface area contributed by atoms with E-state index in [0.29, 0.717) is 11.4 Å². The highest BCUT2D eigenvalue weighted by molar-refractivity contribution is 6.31. The predicted molar refractivity (Wildman–Crippen MR) is 51.4 cm³/mol. The van der Waals surface area contributed by atoms with E-state index >= 15 is 0 Å². The summed E-state index contributed by atoms with van der Waals surface area (Å²) in [4.78, 5) is 0. The molecule has 0 radical (unpaired) electrons. The highest BCUT2D eigenvalue weighted by Gasteiger charge is 2.11. The van der Waals surface area contributed by atoms with E-state index in [1.54, 1.807) is 0 Å². The lowest BCUT2D eigenvalue weighted by atomic mass is 10.0. The lowest BCUT2D eigenvalue weighted by molar-refractivity contribution is 0.173. The number of aliphatic hydroxyl groups is 1. The molecule has 12 heavy (non-hydrogen) atoms. The maximum absolute atomic E-state index is 9.61. The summed E-state index contributed by atoms with van der Waals surface area (Å²) >= 11 is 5.94. The van der Waals surface area contributed by atoms with E-state index < -0.39 is 6.10 Å².